The summed E-state index contributed by atoms with van der Waals surface area (Å²) in [5.41, 5.74) is 3.52. The zero-order chi connectivity index (χ0) is 18.8. The van der Waals surface area contributed by atoms with Crippen molar-refractivity contribution >= 4 is 11.5 Å². The summed E-state index contributed by atoms with van der Waals surface area (Å²) in [7, 11) is 1.67. The van der Waals surface area contributed by atoms with E-state index in [1.54, 1.807) is 13.2 Å². The lowest BCUT2D eigenvalue weighted by atomic mass is 9.90. The second kappa shape index (κ2) is 10.8. The van der Waals surface area contributed by atoms with Crippen LogP contribution in [0.4, 0.5) is 0 Å². The first-order valence-corrected chi connectivity index (χ1v) is 9.88. The number of hydrogen-bond donors (Lipinski definition) is 0. The topological polar surface area (TPSA) is 35.5 Å². The highest BCUT2D eigenvalue weighted by atomic mass is 16.5. The van der Waals surface area contributed by atoms with Crippen molar-refractivity contribution in [1.29, 1.82) is 0 Å². The molecule has 0 fully saturated rings. The Morgan fingerprint density at radius 3 is 2.62 bits per heavy atom. The Kier molecular flexibility index (Phi) is 8.46. The lowest BCUT2D eigenvalue weighted by molar-refractivity contribution is -0.139. The van der Waals surface area contributed by atoms with Crippen molar-refractivity contribution in [3.8, 4) is 5.75 Å². The van der Waals surface area contributed by atoms with Crippen molar-refractivity contribution in [3.63, 3.8) is 0 Å². The molecule has 0 aliphatic heterocycles. The van der Waals surface area contributed by atoms with Crippen LogP contribution in [0.2, 0.25) is 0 Å². The summed E-state index contributed by atoms with van der Waals surface area (Å²) in [4.78, 5) is 12.2. The Bertz CT molecular complexity index is 625. The van der Waals surface area contributed by atoms with Gasteiger partial charge in [-0.2, -0.15) is 0 Å². The van der Waals surface area contributed by atoms with Gasteiger partial charge in [0.2, 0.25) is 0 Å². The molecule has 2 rings (SSSR count). The molecule has 0 spiro atoms. The zero-order valence-electron chi connectivity index (χ0n) is 16.4. The van der Waals surface area contributed by atoms with Gasteiger partial charge in [0.05, 0.1) is 13.7 Å². The summed E-state index contributed by atoms with van der Waals surface area (Å²) in [6.07, 6.45) is 11.4. The molecular weight excluding hydrogens is 324 g/mol. The Labute approximate surface area is 158 Å². The predicted molar refractivity (Wildman–Crippen MR) is 107 cm³/mol. The minimum absolute atomic E-state index is 0.206. The zero-order valence-corrected chi connectivity index (χ0v) is 16.4. The minimum atomic E-state index is -0.206. The van der Waals surface area contributed by atoms with Crippen molar-refractivity contribution < 1.29 is 14.3 Å². The first-order chi connectivity index (χ1) is 12.7. The van der Waals surface area contributed by atoms with Gasteiger partial charge in [0.25, 0.3) is 0 Å². The van der Waals surface area contributed by atoms with Crippen LogP contribution in [-0.2, 0) is 9.53 Å². The summed E-state index contributed by atoms with van der Waals surface area (Å²) >= 11 is 0. The highest BCUT2D eigenvalue weighted by Gasteiger charge is 2.13. The van der Waals surface area contributed by atoms with Gasteiger partial charge >= 0.3 is 5.97 Å². The van der Waals surface area contributed by atoms with Gasteiger partial charge in [0.15, 0.2) is 0 Å². The van der Waals surface area contributed by atoms with Crippen molar-refractivity contribution in [2.75, 3.05) is 13.7 Å². The van der Waals surface area contributed by atoms with Crippen molar-refractivity contribution in [2.45, 2.75) is 58.8 Å². The van der Waals surface area contributed by atoms with Crippen LogP contribution in [0.3, 0.4) is 0 Å². The van der Waals surface area contributed by atoms with Crippen molar-refractivity contribution in [1.82, 2.24) is 0 Å². The normalized spacial score (nSPS) is 16.9. The van der Waals surface area contributed by atoms with E-state index >= 15 is 0 Å². The van der Waals surface area contributed by atoms with E-state index in [0.717, 1.165) is 43.4 Å². The minimum Gasteiger partial charge on any atom is -0.497 e. The smallest absolute Gasteiger partial charge is 0.331 e. The fraction of sp³-hybridized carbons (Fsp3) is 0.522. The van der Waals surface area contributed by atoms with E-state index < -0.39 is 0 Å². The maximum atomic E-state index is 12.2. The molecule has 0 amide bonds. The molecule has 3 heteroatoms. The van der Waals surface area contributed by atoms with E-state index in [4.69, 9.17) is 9.47 Å². The van der Waals surface area contributed by atoms with Crippen LogP contribution >= 0.6 is 0 Å². The van der Waals surface area contributed by atoms with Crippen LogP contribution in [0.25, 0.3) is 5.57 Å². The van der Waals surface area contributed by atoms with E-state index in [9.17, 15) is 4.79 Å². The quantitative estimate of drug-likeness (QED) is 0.405. The van der Waals surface area contributed by atoms with Gasteiger partial charge < -0.3 is 9.47 Å². The molecular formula is C23H32O3. The summed E-state index contributed by atoms with van der Waals surface area (Å²) in [6.45, 7) is 4.89. The second-order valence-electron chi connectivity index (χ2n) is 7.02. The lowest BCUT2D eigenvalue weighted by Crippen LogP contribution is -2.13. The van der Waals surface area contributed by atoms with Crippen LogP contribution < -0.4 is 4.74 Å². The summed E-state index contributed by atoms with van der Waals surface area (Å²) in [5.74, 6) is 1.13. The van der Waals surface area contributed by atoms with E-state index in [2.05, 4.69) is 32.1 Å². The van der Waals surface area contributed by atoms with E-state index in [-0.39, 0.29) is 5.97 Å². The molecule has 1 aliphatic rings. The van der Waals surface area contributed by atoms with Gasteiger partial charge in [-0.15, -0.1) is 0 Å². The second-order valence-corrected chi connectivity index (χ2v) is 7.02. The number of methoxy groups -OCH3 is 1. The average Bonchev–Trinajstić information content (AvgIpc) is 2.68. The summed E-state index contributed by atoms with van der Waals surface area (Å²) < 4.78 is 10.7. The summed E-state index contributed by atoms with van der Waals surface area (Å²) in [5, 5.41) is 0. The standard InChI is InChI=1S/C23H32O3/c1-4-6-8-18(5-2)17-26-23(24)16-19-9-7-10-21(15-19)20-11-13-22(25-3)14-12-20/h11-16,18H,4-10,17H2,1-3H3. The number of esters is 1. The van der Waals surface area contributed by atoms with E-state index in [1.807, 2.05) is 12.1 Å². The molecule has 26 heavy (non-hydrogen) atoms. The number of carbonyl (C=O) groups excluding carboxylic acids is 1. The number of hydrogen-bond acceptors (Lipinski definition) is 3. The third-order valence-corrected chi connectivity index (χ3v) is 5.04. The number of ether oxygens (including phenoxy) is 2. The molecule has 0 aromatic heterocycles. The molecule has 0 saturated carbocycles. The highest BCUT2D eigenvalue weighted by Crippen LogP contribution is 2.30. The molecule has 1 aliphatic carbocycles. The maximum Gasteiger partial charge on any atom is 0.331 e. The Morgan fingerprint density at radius 1 is 1.19 bits per heavy atom. The molecule has 0 radical (unpaired) electrons. The number of unbranched alkanes of at least 4 members (excludes halogenated alkanes) is 1. The molecule has 0 saturated heterocycles. The molecule has 1 aromatic rings. The molecule has 1 unspecified atom stereocenters. The van der Waals surface area contributed by atoms with Crippen LogP contribution in [-0.4, -0.2) is 19.7 Å². The molecule has 1 aromatic carbocycles. The predicted octanol–water partition coefficient (Wildman–Crippen LogP) is 5.95. The van der Waals surface area contributed by atoms with Crippen LogP contribution in [0.1, 0.15) is 64.4 Å². The van der Waals surface area contributed by atoms with Crippen molar-refractivity contribution in [2.24, 2.45) is 5.92 Å². The number of allylic oxidation sites excluding steroid dienone is 3. The fourth-order valence-corrected chi connectivity index (χ4v) is 3.29. The fourth-order valence-electron chi connectivity index (χ4n) is 3.29. The van der Waals surface area contributed by atoms with Crippen LogP contribution in [0, 0.1) is 5.92 Å². The van der Waals surface area contributed by atoms with Crippen LogP contribution in [0.5, 0.6) is 5.75 Å². The van der Waals surface area contributed by atoms with Gasteiger partial charge in [-0.25, -0.2) is 4.79 Å². The average molecular weight is 357 g/mol. The van der Waals surface area contributed by atoms with Crippen molar-refractivity contribution in [3.05, 3.63) is 47.6 Å². The van der Waals surface area contributed by atoms with Crippen LogP contribution in [0.15, 0.2) is 42.0 Å². The van der Waals surface area contributed by atoms with Gasteiger partial charge in [0, 0.05) is 6.08 Å². The van der Waals surface area contributed by atoms with Gasteiger partial charge in [-0.1, -0.05) is 51.3 Å². The number of rotatable bonds is 9. The molecule has 142 valence electrons. The molecule has 0 bridgehead atoms. The molecule has 0 heterocycles. The molecule has 3 nitrogen and oxygen atoms in total. The Balaban J connectivity index is 1.96. The molecule has 1 atom stereocenters. The number of carbonyl (C=O) groups is 1. The monoisotopic (exact) mass is 356 g/mol. The molecule has 0 N–H and O–H groups in total. The SMILES string of the molecule is CCCCC(CC)COC(=O)C=C1C=C(c2ccc(OC)cc2)CCC1. The first kappa shape index (κ1) is 20.3. The highest BCUT2D eigenvalue weighted by molar-refractivity contribution is 5.84. The van der Waals surface area contributed by atoms with E-state index in [0.29, 0.717) is 12.5 Å². The van der Waals surface area contributed by atoms with Gasteiger partial charge in [0.1, 0.15) is 5.75 Å². The van der Waals surface area contributed by atoms with Gasteiger partial charge in [-0.05, 0) is 60.4 Å². The number of benzene rings is 1. The Morgan fingerprint density at radius 2 is 1.96 bits per heavy atom. The van der Waals surface area contributed by atoms with Gasteiger partial charge in [-0.3, -0.25) is 0 Å². The third-order valence-electron chi connectivity index (χ3n) is 5.04. The Hall–Kier alpha value is -2.03. The van der Waals surface area contributed by atoms with E-state index in [1.165, 1.54) is 24.0 Å². The largest absolute Gasteiger partial charge is 0.497 e. The summed E-state index contributed by atoms with van der Waals surface area (Å²) in [6, 6.07) is 8.10. The maximum absolute atomic E-state index is 12.2. The first-order valence-electron chi connectivity index (χ1n) is 9.88. The third kappa shape index (κ3) is 6.36. The lowest BCUT2D eigenvalue weighted by Gasteiger charge is -2.17.